The fraction of sp³-hybridized carbons (Fsp3) is 0.294. The van der Waals surface area contributed by atoms with Crippen LogP contribution in [0.1, 0.15) is 18.2 Å². The lowest BCUT2D eigenvalue weighted by atomic mass is 10.2. The van der Waals surface area contributed by atoms with E-state index in [-0.39, 0.29) is 24.0 Å². The summed E-state index contributed by atoms with van der Waals surface area (Å²) in [4.78, 5) is 8.98. The topological polar surface area (TPSA) is 84.9 Å². The molecular formula is C17H23IN8. The van der Waals surface area contributed by atoms with Gasteiger partial charge in [-0.15, -0.1) is 24.0 Å². The molecule has 0 aliphatic heterocycles. The maximum Gasteiger partial charge on any atom is 0.191 e. The quantitative estimate of drug-likeness (QED) is 0.329. The van der Waals surface area contributed by atoms with Gasteiger partial charge in [-0.05, 0) is 36.8 Å². The molecule has 0 aliphatic carbocycles. The van der Waals surface area contributed by atoms with Crippen LogP contribution in [0.4, 0.5) is 0 Å². The molecule has 138 valence electrons. The minimum atomic E-state index is 0. The largest absolute Gasteiger partial charge is 0.357 e. The molecule has 0 aliphatic rings. The van der Waals surface area contributed by atoms with E-state index in [4.69, 9.17) is 0 Å². The van der Waals surface area contributed by atoms with Crippen LogP contribution in [0.15, 0.2) is 54.0 Å². The molecule has 0 bridgehead atoms. The molecule has 3 heterocycles. The first-order valence-electron chi connectivity index (χ1n) is 8.20. The Balaban J connectivity index is 0.00000243. The number of hydrogen-bond acceptors (Lipinski definition) is 4. The molecule has 0 spiro atoms. The summed E-state index contributed by atoms with van der Waals surface area (Å²) >= 11 is 0. The van der Waals surface area contributed by atoms with Crippen molar-refractivity contribution >= 4 is 29.9 Å². The van der Waals surface area contributed by atoms with Gasteiger partial charge in [0, 0.05) is 38.4 Å². The van der Waals surface area contributed by atoms with E-state index in [0.29, 0.717) is 13.1 Å². The SMILES string of the molecule is CCNC(=NCc1ccnc(-n2cccn2)c1)NCc1ccnn1C.I. The van der Waals surface area contributed by atoms with Crippen LogP contribution < -0.4 is 10.6 Å². The summed E-state index contributed by atoms with van der Waals surface area (Å²) in [6, 6.07) is 7.80. The van der Waals surface area contributed by atoms with E-state index in [2.05, 4.69) is 30.8 Å². The third kappa shape index (κ3) is 5.28. The van der Waals surface area contributed by atoms with Crippen molar-refractivity contribution in [3.63, 3.8) is 0 Å². The number of pyridine rings is 1. The number of nitrogens with zero attached hydrogens (tertiary/aromatic N) is 6. The fourth-order valence-electron chi connectivity index (χ4n) is 2.35. The Hall–Kier alpha value is -2.43. The van der Waals surface area contributed by atoms with Gasteiger partial charge >= 0.3 is 0 Å². The van der Waals surface area contributed by atoms with Crippen molar-refractivity contribution in [3.8, 4) is 5.82 Å². The van der Waals surface area contributed by atoms with E-state index in [9.17, 15) is 0 Å². The fourth-order valence-corrected chi connectivity index (χ4v) is 2.35. The van der Waals surface area contributed by atoms with Gasteiger partial charge in [0.15, 0.2) is 11.8 Å². The summed E-state index contributed by atoms with van der Waals surface area (Å²) in [6.07, 6.45) is 7.17. The van der Waals surface area contributed by atoms with Gasteiger partial charge in [-0.2, -0.15) is 10.2 Å². The Kier molecular flexibility index (Phi) is 7.57. The summed E-state index contributed by atoms with van der Waals surface area (Å²) in [6.45, 7) is 4.06. The summed E-state index contributed by atoms with van der Waals surface area (Å²) < 4.78 is 3.58. The molecule has 8 nitrogen and oxygen atoms in total. The van der Waals surface area contributed by atoms with E-state index < -0.39 is 0 Å². The number of guanidine groups is 1. The van der Waals surface area contributed by atoms with Crippen LogP contribution in [0.5, 0.6) is 0 Å². The molecule has 0 atom stereocenters. The zero-order valence-corrected chi connectivity index (χ0v) is 17.2. The molecule has 2 N–H and O–H groups in total. The lowest BCUT2D eigenvalue weighted by Gasteiger charge is -2.11. The van der Waals surface area contributed by atoms with E-state index in [1.54, 1.807) is 23.3 Å². The average molecular weight is 466 g/mol. The van der Waals surface area contributed by atoms with Gasteiger partial charge in [0.25, 0.3) is 0 Å². The molecule has 0 saturated heterocycles. The zero-order chi connectivity index (χ0) is 17.5. The molecule has 26 heavy (non-hydrogen) atoms. The van der Waals surface area contributed by atoms with Crippen molar-refractivity contribution < 1.29 is 0 Å². The van der Waals surface area contributed by atoms with Crippen molar-refractivity contribution in [1.82, 2.24) is 35.2 Å². The van der Waals surface area contributed by atoms with Gasteiger partial charge in [0.1, 0.15) is 0 Å². The summed E-state index contributed by atoms with van der Waals surface area (Å²) in [5, 5.41) is 14.9. The second-order valence-corrected chi connectivity index (χ2v) is 5.47. The zero-order valence-electron chi connectivity index (χ0n) is 14.8. The highest BCUT2D eigenvalue weighted by Gasteiger charge is 2.03. The number of aryl methyl sites for hydroxylation is 1. The first-order chi connectivity index (χ1) is 12.3. The molecule has 3 aromatic rings. The number of rotatable bonds is 6. The Morgan fingerprint density at radius 3 is 2.73 bits per heavy atom. The molecule has 0 unspecified atom stereocenters. The van der Waals surface area contributed by atoms with E-state index in [1.165, 1.54) is 0 Å². The third-order valence-corrected chi connectivity index (χ3v) is 3.67. The van der Waals surface area contributed by atoms with E-state index in [0.717, 1.165) is 29.6 Å². The normalized spacial score (nSPS) is 11.1. The Morgan fingerprint density at radius 2 is 2.04 bits per heavy atom. The molecular weight excluding hydrogens is 443 g/mol. The van der Waals surface area contributed by atoms with Crippen LogP contribution in [-0.4, -0.2) is 37.0 Å². The lowest BCUT2D eigenvalue weighted by molar-refractivity contribution is 0.685. The minimum absolute atomic E-state index is 0. The molecule has 3 aromatic heterocycles. The van der Waals surface area contributed by atoms with Gasteiger partial charge in [0.05, 0.1) is 18.8 Å². The van der Waals surface area contributed by atoms with Crippen molar-refractivity contribution in [2.75, 3.05) is 6.54 Å². The molecule has 0 saturated carbocycles. The van der Waals surface area contributed by atoms with Crippen molar-refractivity contribution in [3.05, 3.63) is 60.3 Å². The molecule has 9 heteroatoms. The van der Waals surface area contributed by atoms with Crippen LogP contribution in [0.3, 0.4) is 0 Å². The van der Waals surface area contributed by atoms with Crippen molar-refractivity contribution in [2.24, 2.45) is 12.0 Å². The van der Waals surface area contributed by atoms with Gasteiger partial charge < -0.3 is 10.6 Å². The Morgan fingerprint density at radius 1 is 1.15 bits per heavy atom. The predicted molar refractivity (Wildman–Crippen MR) is 112 cm³/mol. The number of aliphatic imine (C=N–C) groups is 1. The second-order valence-electron chi connectivity index (χ2n) is 5.47. The maximum atomic E-state index is 4.64. The number of nitrogens with one attached hydrogen (secondary N) is 2. The minimum Gasteiger partial charge on any atom is -0.357 e. The molecule has 0 fully saturated rings. The summed E-state index contributed by atoms with van der Waals surface area (Å²) in [5.41, 5.74) is 2.16. The van der Waals surface area contributed by atoms with Crippen molar-refractivity contribution in [2.45, 2.75) is 20.0 Å². The first-order valence-corrected chi connectivity index (χ1v) is 8.20. The van der Waals surface area contributed by atoms with Crippen LogP contribution in [-0.2, 0) is 20.1 Å². The number of aromatic nitrogens is 5. The van der Waals surface area contributed by atoms with Gasteiger partial charge in [-0.3, -0.25) is 4.68 Å². The van der Waals surface area contributed by atoms with Crippen LogP contribution >= 0.6 is 24.0 Å². The molecule has 0 amide bonds. The van der Waals surface area contributed by atoms with Crippen molar-refractivity contribution in [1.29, 1.82) is 0 Å². The monoisotopic (exact) mass is 466 g/mol. The third-order valence-electron chi connectivity index (χ3n) is 3.67. The molecule has 3 rings (SSSR count). The number of hydrogen-bond donors (Lipinski definition) is 2. The smallest absolute Gasteiger partial charge is 0.191 e. The predicted octanol–water partition coefficient (Wildman–Crippen LogP) is 1.87. The van der Waals surface area contributed by atoms with E-state index in [1.807, 2.05) is 49.1 Å². The molecule has 0 radical (unpaired) electrons. The van der Waals surface area contributed by atoms with Crippen LogP contribution in [0.2, 0.25) is 0 Å². The van der Waals surface area contributed by atoms with Gasteiger partial charge in [-0.1, -0.05) is 0 Å². The highest BCUT2D eigenvalue weighted by atomic mass is 127. The Labute approximate surface area is 169 Å². The standard InChI is InChI=1S/C17H22N8.HI/c1-3-18-17(21-13-15-6-9-22-24(15)2)20-12-14-5-8-19-16(11-14)25-10-4-7-23-25;/h4-11H,3,12-13H2,1-2H3,(H2,18,20,21);1H. The summed E-state index contributed by atoms with van der Waals surface area (Å²) in [5.74, 6) is 1.55. The van der Waals surface area contributed by atoms with E-state index >= 15 is 0 Å². The van der Waals surface area contributed by atoms with Gasteiger partial charge in [0.2, 0.25) is 0 Å². The second kappa shape index (κ2) is 9.90. The molecule has 0 aromatic carbocycles. The Bertz CT molecular complexity index is 825. The summed E-state index contributed by atoms with van der Waals surface area (Å²) in [7, 11) is 1.93. The van der Waals surface area contributed by atoms with Gasteiger partial charge in [-0.25, -0.2) is 14.7 Å². The lowest BCUT2D eigenvalue weighted by Crippen LogP contribution is -2.37. The maximum absolute atomic E-state index is 4.64. The number of halogens is 1. The first kappa shape index (κ1) is 19.9. The highest BCUT2D eigenvalue weighted by molar-refractivity contribution is 14.0. The highest BCUT2D eigenvalue weighted by Crippen LogP contribution is 2.07. The van der Waals surface area contributed by atoms with Crippen LogP contribution in [0, 0.1) is 0 Å². The average Bonchev–Trinajstić information content (AvgIpc) is 3.29. The van der Waals surface area contributed by atoms with Crippen LogP contribution in [0.25, 0.3) is 5.82 Å².